The molecule has 0 aromatic carbocycles. The van der Waals surface area contributed by atoms with Crippen LogP contribution >= 0.6 is 0 Å². The molecule has 0 N–H and O–H groups in total. The zero-order valence-corrected chi connectivity index (χ0v) is 13.7. The zero-order valence-electron chi connectivity index (χ0n) is 13.7. The van der Waals surface area contributed by atoms with Crippen molar-refractivity contribution in [1.82, 2.24) is 29.5 Å². The molecule has 4 aromatic heterocycles. The Morgan fingerprint density at radius 1 is 1.08 bits per heavy atom. The van der Waals surface area contributed by atoms with Crippen LogP contribution in [0.2, 0.25) is 0 Å². The predicted molar refractivity (Wildman–Crippen MR) is 90.0 cm³/mol. The van der Waals surface area contributed by atoms with E-state index in [1.807, 2.05) is 23.5 Å². The standard InChI is InChI=1S/C17H16N6O/c1-4-12-9-11(5-7-18-12)16-20-10(2)15-22-21-14-13(24-3)6-8-19-17(14)23(15)16/h5-9H,4H2,1-3H3. The van der Waals surface area contributed by atoms with Crippen LogP contribution < -0.4 is 4.74 Å². The van der Waals surface area contributed by atoms with E-state index in [1.54, 1.807) is 25.6 Å². The highest BCUT2D eigenvalue weighted by molar-refractivity contribution is 5.81. The number of methoxy groups -OCH3 is 1. The normalized spacial score (nSPS) is 11.3. The van der Waals surface area contributed by atoms with Gasteiger partial charge in [-0.05, 0) is 25.5 Å². The van der Waals surface area contributed by atoms with Crippen LogP contribution in [0.4, 0.5) is 0 Å². The minimum absolute atomic E-state index is 0.607. The molecule has 0 bridgehead atoms. The van der Waals surface area contributed by atoms with Crippen molar-refractivity contribution in [3.8, 4) is 17.1 Å². The van der Waals surface area contributed by atoms with Gasteiger partial charge in [-0.25, -0.2) is 9.97 Å². The van der Waals surface area contributed by atoms with E-state index in [0.717, 1.165) is 29.2 Å². The number of hydrogen-bond acceptors (Lipinski definition) is 6. The topological polar surface area (TPSA) is 78.1 Å². The summed E-state index contributed by atoms with van der Waals surface area (Å²) < 4.78 is 7.30. The molecule has 0 fully saturated rings. The second-order valence-corrected chi connectivity index (χ2v) is 5.45. The summed E-state index contributed by atoms with van der Waals surface area (Å²) in [5.41, 5.74) is 4.76. The first-order valence-corrected chi connectivity index (χ1v) is 7.72. The third-order valence-electron chi connectivity index (χ3n) is 4.00. The minimum Gasteiger partial charge on any atom is -0.494 e. The van der Waals surface area contributed by atoms with Gasteiger partial charge in [0, 0.05) is 29.7 Å². The summed E-state index contributed by atoms with van der Waals surface area (Å²) in [6.07, 6.45) is 4.36. The van der Waals surface area contributed by atoms with Crippen LogP contribution in [0.5, 0.6) is 5.75 Å². The highest BCUT2D eigenvalue weighted by atomic mass is 16.5. The molecule has 7 nitrogen and oxygen atoms in total. The number of nitrogens with zero attached hydrogens (tertiary/aromatic N) is 6. The molecular weight excluding hydrogens is 304 g/mol. The molecule has 120 valence electrons. The third-order valence-corrected chi connectivity index (χ3v) is 4.00. The van der Waals surface area contributed by atoms with Crippen molar-refractivity contribution in [2.24, 2.45) is 0 Å². The average Bonchev–Trinajstić information content (AvgIpc) is 2.98. The summed E-state index contributed by atoms with van der Waals surface area (Å²) in [6.45, 7) is 4.00. The molecule has 0 aliphatic rings. The van der Waals surface area contributed by atoms with Crippen LogP contribution in [0.25, 0.3) is 28.2 Å². The Bertz CT molecular complexity index is 1060. The number of aromatic nitrogens is 6. The van der Waals surface area contributed by atoms with E-state index in [-0.39, 0.29) is 0 Å². The van der Waals surface area contributed by atoms with Crippen molar-refractivity contribution in [1.29, 1.82) is 0 Å². The maximum atomic E-state index is 5.38. The Morgan fingerprint density at radius 2 is 1.92 bits per heavy atom. The maximum absolute atomic E-state index is 5.38. The molecule has 0 atom stereocenters. The lowest BCUT2D eigenvalue weighted by atomic mass is 10.2. The largest absolute Gasteiger partial charge is 0.494 e. The van der Waals surface area contributed by atoms with E-state index < -0.39 is 0 Å². The van der Waals surface area contributed by atoms with Gasteiger partial charge in [0.2, 0.25) is 0 Å². The second kappa shape index (κ2) is 5.52. The molecule has 0 saturated carbocycles. The number of fused-ring (bicyclic) bond motifs is 3. The number of aryl methyl sites for hydroxylation is 2. The summed E-state index contributed by atoms with van der Waals surface area (Å²) in [5.74, 6) is 1.41. The van der Waals surface area contributed by atoms with E-state index >= 15 is 0 Å². The van der Waals surface area contributed by atoms with Crippen molar-refractivity contribution in [2.75, 3.05) is 7.11 Å². The lowest BCUT2D eigenvalue weighted by Crippen LogP contribution is -2.01. The van der Waals surface area contributed by atoms with Crippen molar-refractivity contribution in [3.05, 3.63) is 42.0 Å². The summed E-state index contributed by atoms with van der Waals surface area (Å²) in [4.78, 5) is 13.5. The number of hydrogen-bond donors (Lipinski definition) is 0. The van der Waals surface area contributed by atoms with Crippen LogP contribution in [0.3, 0.4) is 0 Å². The van der Waals surface area contributed by atoms with Crippen LogP contribution in [-0.4, -0.2) is 36.7 Å². The molecule has 4 rings (SSSR count). The van der Waals surface area contributed by atoms with Gasteiger partial charge in [-0.1, -0.05) is 6.92 Å². The van der Waals surface area contributed by atoms with E-state index in [1.165, 1.54) is 0 Å². The van der Waals surface area contributed by atoms with Gasteiger partial charge in [0.15, 0.2) is 22.6 Å². The number of pyridine rings is 2. The Labute approximate surface area is 138 Å². The summed E-state index contributed by atoms with van der Waals surface area (Å²) in [5, 5.41) is 8.59. The third kappa shape index (κ3) is 2.09. The van der Waals surface area contributed by atoms with Gasteiger partial charge in [0.25, 0.3) is 0 Å². The molecular formula is C17H16N6O. The number of ether oxygens (including phenoxy) is 1. The van der Waals surface area contributed by atoms with Gasteiger partial charge in [-0.15, -0.1) is 10.2 Å². The number of imidazole rings is 1. The molecule has 0 spiro atoms. The first-order valence-electron chi connectivity index (χ1n) is 7.72. The highest BCUT2D eigenvalue weighted by Gasteiger charge is 2.17. The molecule has 4 heterocycles. The monoisotopic (exact) mass is 320 g/mol. The van der Waals surface area contributed by atoms with Crippen LogP contribution in [0.15, 0.2) is 30.6 Å². The lowest BCUT2D eigenvalue weighted by molar-refractivity contribution is 0.418. The van der Waals surface area contributed by atoms with E-state index in [9.17, 15) is 0 Å². The maximum Gasteiger partial charge on any atom is 0.184 e. The Hall–Kier alpha value is -3.09. The number of rotatable bonds is 3. The first-order chi connectivity index (χ1) is 11.7. The Kier molecular flexibility index (Phi) is 3.34. The summed E-state index contributed by atoms with van der Waals surface area (Å²) in [7, 11) is 1.61. The Morgan fingerprint density at radius 3 is 2.71 bits per heavy atom. The Balaban J connectivity index is 2.10. The molecule has 4 aromatic rings. The fourth-order valence-electron chi connectivity index (χ4n) is 2.79. The fourth-order valence-corrected chi connectivity index (χ4v) is 2.79. The van der Waals surface area contributed by atoms with E-state index in [2.05, 4.69) is 27.1 Å². The fraction of sp³-hybridized carbons (Fsp3) is 0.235. The van der Waals surface area contributed by atoms with Gasteiger partial charge in [-0.2, -0.15) is 0 Å². The SMILES string of the molecule is CCc1cc(-c2nc(C)c3nnc4c(OC)ccnc4n23)ccn1. The predicted octanol–water partition coefficient (Wildman–Crippen LogP) is 2.61. The second-order valence-electron chi connectivity index (χ2n) is 5.45. The van der Waals surface area contributed by atoms with Crippen LogP contribution in [-0.2, 0) is 6.42 Å². The minimum atomic E-state index is 0.607. The van der Waals surface area contributed by atoms with Crippen LogP contribution in [0, 0.1) is 6.92 Å². The molecule has 0 aliphatic heterocycles. The molecule has 7 heteroatoms. The summed E-state index contributed by atoms with van der Waals surface area (Å²) in [6, 6.07) is 5.76. The lowest BCUT2D eigenvalue weighted by Gasteiger charge is -2.07. The van der Waals surface area contributed by atoms with E-state index in [0.29, 0.717) is 22.6 Å². The van der Waals surface area contributed by atoms with Gasteiger partial charge < -0.3 is 4.74 Å². The van der Waals surface area contributed by atoms with Gasteiger partial charge >= 0.3 is 0 Å². The highest BCUT2D eigenvalue weighted by Crippen LogP contribution is 2.27. The van der Waals surface area contributed by atoms with Gasteiger partial charge in [-0.3, -0.25) is 9.38 Å². The first kappa shape index (κ1) is 14.5. The van der Waals surface area contributed by atoms with Crippen LogP contribution in [0.1, 0.15) is 18.3 Å². The summed E-state index contributed by atoms with van der Waals surface area (Å²) >= 11 is 0. The molecule has 24 heavy (non-hydrogen) atoms. The van der Waals surface area contributed by atoms with Crippen molar-refractivity contribution in [2.45, 2.75) is 20.3 Å². The van der Waals surface area contributed by atoms with Crippen molar-refractivity contribution >= 4 is 16.8 Å². The van der Waals surface area contributed by atoms with Crippen molar-refractivity contribution in [3.63, 3.8) is 0 Å². The zero-order chi connectivity index (χ0) is 16.7. The quantitative estimate of drug-likeness (QED) is 0.577. The van der Waals surface area contributed by atoms with Crippen molar-refractivity contribution < 1.29 is 4.74 Å². The molecule has 0 unspecified atom stereocenters. The average molecular weight is 320 g/mol. The molecule has 0 aliphatic carbocycles. The molecule has 0 radical (unpaired) electrons. The van der Waals surface area contributed by atoms with E-state index in [4.69, 9.17) is 9.72 Å². The van der Waals surface area contributed by atoms with Gasteiger partial charge in [0.1, 0.15) is 5.82 Å². The molecule has 0 saturated heterocycles. The van der Waals surface area contributed by atoms with Gasteiger partial charge in [0.05, 0.1) is 12.8 Å². The molecule has 0 amide bonds. The smallest absolute Gasteiger partial charge is 0.184 e.